The van der Waals surface area contributed by atoms with Crippen molar-refractivity contribution in [3.05, 3.63) is 34.5 Å². The molecule has 0 saturated heterocycles. The van der Waals surface area contributed by atoms with Crippen LogP contribution in [0.4, 0.5) is 0 Å². The van der Waals surface area contributed by atoms with Crippen molar-refractivity contribution in [2.24, 2.45) is 0 Å². The first-order valence-corrected chi connectivity index (χ1v) is 5.83. The molecule has 16 heavy (non-hydrogen) atoms. The minimum Gasteiger partial charge on any atom is -0.617 e. The van der Waals surface area contributed by atoms with Crippen LogP contribution in [0.1, 0.15) is 23.6 Å². The summed E-state index contributed by atoms with van der Waals surface area (Å²) >= 11 is 1.21. The molecule has 1 heterocycles. The zero-order valence-electron chi connectivity index (χ0n) is 9.06. The van der Waals surface area contributed by atoms with Crippen molar-refractivity contribution in [3.8, 4) is 0 Å². The van der Waals surface area contributed by atoms with E-state index in [1.807, 2.05) is 26.0 Å². The molecule has 5 heteroatoms. The van der Waals surface area contributed by atoms with Gasteiger partial charge >= 0.3 is 10.9 Å². The molecule has 0 aliphatic carbocycles. The first-order chi connectivity index (χ1) is 7.59. The molecular weight excluding hydrogens is 224 g/mol. The largest absolute Gasteiger partial charge is 0.617 e. The van der Waals surface area contributed by atoms with Crippen LogP contribution >= 0.6 is 11.3 Å². The number of benzene rings is 1. The molecule has 2 rings (SSSR count). The molecule has 0 saturated carbocycles. The van der Waals surface area contributed by atoms with E-state index in [1.54, 1.807) is 12.1 Å². The molecule has 1 aromatic heterocycles. The summed E-state index contributed by atoms with van der Waals surface area (Å²) < 4.78 is 1.52. The Kier molecular flexibility index (Phi) is 2.78. The molecule has 1 N–H and O–H groups in total. The van der Waals surface area contributed by atoms with Crippen LogP contribution in [-0.2, 0) is 0 Å². The highest BCUT2D eigenvalue weighted by Gasteiger charge is 2.22. The van der Waals surface area contributed by atoms with Crippen molar-refractivity contribution in [2.75, 3.05) is 0 Å². The quantitative estimate of drug-likeness (QED) is 0.637. The van der Waals surface area contributed by atoms with Gasteiger partial charge in [0, 0.05) is 12.1 Å². The second-order valence-electron chi connectivity index (χ2n) is 3.80. The number of nitrogens with zero attached hydrogens (tertiary/aromatic N) is 1. The van der Waals surface area contributed by atoms with E-state index in [-0.39, 0.29) is 17.0 Å². The summed E-state index contributed by atoms with van der Waals surface area (Å²) in [6, 6.07) is 7.21. The summed E-state index contributed by atoms with van der Waals surface area (Å²) in [4.78, 5) is 11.7. The molecule has 4 nitrogen and oxygen atoms in total. The standard InChI is InChI=1S/C11H12N2O2S/c1-7(2)12-10(14)11-13(15)8-5-3-4-6-9(8)16-11/h3-7H,1-2H3,(H,12,14). The van der Waals surface area contributed by atoms with Crippen molar-refractivity contribution in [1.29, 1.82) is 0 Å². The van der Waals surface area contributed by atoms with E-state index >= 15 is 0 Å². The molecule has 0 radical (unpaired) electrons. The number of carbonyl (C=O) groups is 1. The predicted octanol–water partition coefficient (Wildman–Crippen LogP) is 1.67. The maximum Gasteiger partial charge on any atom is 0.339 e. The number of thiazole rings is 1. The fraction of sp³-hybridized carbons (Fsp3) is 0.273. The number of amides is 1. The summed E-state index contributed by atoms with van der Waals surface area (Å²) in [7, 11) is 0. The molecule has 0 fully saturated rings. The third kappa shape index (κ3) is 1.86. The summed E-state index contributed by atoms with van der Waals surface area (Å²) in [5, 5.41) is 14.7. The van der Waals surface area contributed by atoms with Crippen LogP contribution < -0.4 is 10.0 Å². The Morgan fingerprint density at radius 3 is 2.75 bits per heavy atom. The van der Waals surface area contributed by atoms with E-state index in [1.165, 1.54) is 11.3 Å². The van der Waals surface area contributed by atoms with Crippen molar-refractivity contribution in [1.82, 2.24) is 5.32 Å². The van der Waals surface area contributed by atoms with Gasteiger partial charge in [-0.1, -0.05) is 23.5 Å². The fourth-order valence-corrected chi connectivity index (χ4v) is 2.37. The lowest BCUT2D eigenvalue weighted by Crippen LogP contribution is -2.39. The third-order valence-corrected chi connectivity index (χ3v) is 3.20. The van der Waals surface area contributed by atoms with E-state index in [4.69, 9.17) is 0 Å². The summed E-state index contributed by atoms with van der Waals surface area (Å²) in [6.07, 6.45) is 0. The topological polar surface area (TPSA) is 56.0 Å². The van der Waals surface area contributed by atoms with Gasteiger partial charge in [0.2, 0.25) is 5.52 Å². The van der Waals surface area contributed by atoms with Gasteiger partial charge < -0.3 is 10.5 Å². The molecule has 0 aliphatic heterocycles. The molecule has 1 aromatic carbocycles. The van der Waals surface area contributed by atoms with Crippen molar-refractivity contribution in [3.63, 3.8) is 0 Å². The van der Waals surface area contributed by atoms with Gasteiger partial charge in [-0.05, 0) is 19.9 Å². The van der Waals surface area contributed by atoms with Gasteiger partial charge in [0.05, 0.1) is 0 Å². The lowest BCUT2D eigenvalue weighted by Gasteiger charge is -2.05. The monoisotopic (exact) mass is 236 g/mol. The van der Waals surface area contributed by atoms with Gasteiger partial charge in [0.25, 0.3) is 0 Å². The fourth-order valence-electron chi connectivity index (χ4n) is 1.43. The van der Waals surface area contributed by atoms with Gasteiger partial charge in [0.15, 0.2) is 0 Å². The van der Waals surface area contributed by atoms with Gasteiger partial charge in [-0.25, -0.2) is 0 Å². The second-order valence-corrected chi connectivity index (χ2v) is 4.83. The number of rotatable bonds is 2. The number of aromatic nitrogens is 1. The Morgan fingerprint density at radius 2 is 2.12 bits per heavy atom. The number of carbonyl (C=O) groups excluding carboxylic acids is 1. The molecule has 2 aromatic rings. The predicted molar refractivity (Wildman–Crippen MR) is 63.4 cm³/mol. The number of nitrogens with one attached hydrogen (secondary N) is 1. The van der Waals surface area contributed by atoms with Crippen molar-refractivity contribution < 1.29 is 9.52 Å². The van der Waals surface area contributed by atoms with Crippen LogP contribution in [0.15, 0.2) is 24.3 Å². The first kappa shape index (κ1) is 10.9. The number of para-hydroxylation sites is 1. The van der Waals surface area contributed by atoms with Gasteiger partial charge in [0.1, 0.15) is 4.70 Å². The number of hydrogen-bond donors (Lipinski definition) is 1. The average Bonchev–Trinajstić information content (AvgIpc) is 2.56. The Hall–Kier alpha value is -1.62. The van der Waals surface area contributed by atoms with E-state index < -0.39 is 0 Å². The van der Waals surface area contributed by atoms with E-state index in [2.05, 4.69) is 5.32 Å². The van der Waals surface area contributed by atoms with Crippen LogP contribution in [-0.4, -0.2) is 11.9 Å². The maximum atomic E-state index is 11.8. The minimum absolute atomic E-state index is 0.0257. The Bertz CT molecular complexity index is 534. The molecule has 1 amide bonds. The summed E-state index contributed by atoms with van der Waals surface area (Å²) in [6.45, 7) is 3.72. The SMILES string of the molecule is CC(C)NC(=O)c1sc2ccccc2[n+]1[O-]. The normalized spacial score (nSPS) is 10.9. The average molecular weight is 236 g/mol. The van der Waals surface area contributed by atoms with Gasteiger partial charge in [-0.2, -0.15) is 0 Å². The van der Waals surface area contributed by atoms with E-state index in [9.17, 15) is 10.0 Å². The van der Waals surface area contributed by atoms with Crippen molar-refractivity contribution >= 4 is 27.5 Å². The lowest BCUT2D eigenvalue weighted by atomic mass is 10.3. The highest BCUT2D eigenvalue weighted by atomic mass is 32.1. The second kappa shape index (κ2) is 4.09. The lowest BCUT2D eigenvalue weighted by molar-refractivity contribution is -0.574. The van der Waals surface area contributed by atoms with Crippen LogP contribution in [0, 0.1) is 5.21 Å². The Morgan fingerprint density at radius 1 is 1.44 bits per heavy atom. The first-order valence-electron chi connectivity index (χ1n) is 5.01. The molecular formula is C11H12N2O2S. The third-order valence-electron chi connectivity index (χ3n) is 2.09. The van der Waals surface area contributed by atoms with Crippen molar-refractivity contribution in [2.45, 2.75) is 19.9 Å². The Labute approximate surface area is 97.1 Å². The number of hydrogen-bond acceptors (Lipinski definition) is 3. The van der Waals surface area contributed by atoms with E-state index in [0.717, 1.165) is 4.70 Å². The molecule has 0 aliphatic rings. The highest BCUT2D eigenvalue weighted by molar-refractivity contribution is 7.19. The van der Waals surface area contributed by atoms with Crippen LogP contribution in [0.25, 0.3) is 10.2 Å². The minimum atomic E-state index is -0.314. The van der Waals surface area contributed by atoms with Gasteiger partial charge in [-0.3, -0.25) is 4.79 Å². The van der Waals surface area contributed by atoms with Crippen LogP contribution in [0.5, 0.6) is 0 Å². The van der Waals surface area contributed by atoms with Crippen LogP contribution in [0.3, 0.4) is 0 Å². The molecule has 84 valence electrons. The zero-order chi connectivity index (χ0) is 11.7. The summed E-state index contributed by atoms with van der Waals surface area (Å²) in [5.74, 6) is -0.314. The van der Waals surface area contributed by atoms with E-state index in [0.29, 0.717) is 10.2 Å². The highest BCUT2D eigenvalue weighted by Crippen LogP contribution is 2.19. The summed E-state index contributed by atoms with van der Waals surface area (Å²) in [5.41, 5.74) is 0.543. The zero-order valence-corrected chi connectivity index (χ0v) is 9.88. The molecule has 0 spiro atoms. The van der Waals surface area contributed by atoms with Gasteiger partial charge in [-0.15, -0.1) is 4.73 Å². The Balaban J connectivity index is 2.45. The molecule has 0 atom stereocenters. The molecule has 0 bridgehead atoms. The maximum absolute atomic E-state index is 11.8. The smallest absolute Gasteiger partial charge is 0.339 e. The molecule has 0 unspecified atom stereocenters. The van der Waals surface area contributed by atoms with Crippen LogP contribution in [0.2, 0.25) is 0 Å². The number of fused-ring (bicyclic) bond motifs is 1.